The third-order valence-corrected chi connectivity index (χ3v) is 6.98. The largest absolute Gasteiger partial charge is 0.352 e. The van der Waals surface area contributed by atoms with Crippen LogP contribution in [-0.4, -0.2) is 28.5 Å². The number of rotatable bonds is 5. The molecule has 0 aliphatic carbocycles. The second-order valence-corrected chi connectivity index (χ2v) is 9.32. The van der Waals surface area contributed by atoms with Gasteiger partial charge in [-0.1, -0.05) is 6.07 Å². The molecule has 1 unspecified atom stereocenters. The lowest BCUT2D eigenvalue weighted by Crippen LogP contribution is -2.45. The molecule has 2 aromatic carbocycles. The molecule has 1 fully saturated rings. The number of carbonyl (C=O) groups is 1. The first-order valence-electron chi connectivity index (χ1n) is 11.1. The number of carbonyl (C=O) groups excluding carboxylic acids is 1. The Labute approximate surface area is 202 Å². The molecule has 1 aliphatic rings. The van der Waals surface area contributed by atoms with Gasteiger partial charge in [-0.25, -0.2) is 22.7 Å². The summed E-state index contributed by atoms with van der Waals surface area (Å²) in [6, 6.07) is 10.6. The fraction of sp³-hybridized carbons (Fsp3) is 0.240. The molecule has 6 nitrogen and oxygen atoms in total. The monoisotopic (exact) mass is 498 g/mol. The third kappa shape index (κ3) is 4.66. The van der Waals surface area contributed by atoms with Gasteiger partial charge in [-0.2, -0.15) is 0 Å². The zero-order chi connectivity index (χ0) is 24.5. The van der Waals surface area contributed by atoms with Gasteiger partial charge in [0.05, 0.1) is 17.1 Å². The van der Waals surface area contributed by atoms with Crippen molar-refractivity contribution in [3.63, 3.8) is 0 Å². The predicted molar refractivity (Wildman–Crippen MR) is 128 cm³/mol. The first-order valence-corrected chi connectivity index (χ1v) is 12.0. The third-order valence-electron chi connectivity index (χ3n) is 6.09. The van der Waals surface area contributed by atoms with Crippen LogP contribution in [0.3, 0.4) is 0 Å². The number of amides is 1. The molecule has 2 aromatic heterocycles. The van der Waals surface area contributed by atoms with Crippen LogP contribution in [0.2, 0.25) is 0 Å². The smallest absolute Gasteiger partial charge is 0.277 e. The second-order valence-electron chi connectivity index (χ2n) is 8.40. The van der Waals surface area contributed by atoms with Gasteiger partial charge in [0, 0.05) is 31.3 Å². The second kappa shape index (κ2) is 9.53. The van der Waals surface area contributed by atoms with Crippen molar-refractivity contribution in [1.29, 1.82) is 0 Å². The van der Waals surface area contributed by atoms with Crippen molar-refractivity contribution in [2.24, 2.45) is 5.92 Å². The van der Waals surface area contributed by atoms with Gasteiger partial charge in [0.2, 0.25) is 11.9 Å². The van der Waals surface area contributed by atoms with Gasteiger partial charge in [-0.3, -0.25) is 9.59 Å². The quantitative estimate of drug-likeness (QED) is 0.443. The number of hydrogen-bond donors (Lipinski definition) is 1. The Morgan fingerprint density at radius 2 is 1.86 bits per heavy atom. The number of piperidine rings is 1. The Morgan fingerprint density at radius 3 is 2.63 bits per heavy atom. The molecule has 0 radical (unpaired) electrons. The minimum atomic E-state index is -0.716. The predicted octanol–water partition coefficient (Wildman–Crippen LogP) is 4.40. The highest BCUT2D eigenvalue weighted by atomic mass is 32.1. The topological polar surface area (TPSA) is 67.2 Å². The van der Waals surface area contributed by atoms with E-state index in [1.807, 2.05) is 4.90 Å². The van der Waals surface area contributed by atoms with E-state index in [1.54, 1.807) is 11.4 Å². The molecule has 1 saturated heterocycles. The number of anilines is 1. The van der Waals surface area contributed by atoms with Crippen molar-refractivity contribution in [3.05, 3.63) is 87.3 Å². The molecular weight excluding hydrogens is 477 g/mol. The molecule has 1 atom stereocenters. The van der Waals surface area contributed by atoms with Gasteiger partial charge >= 0.3 is 0 Å². The van der Waals surface area contributed by atoms with Crippen molar-refractivity contribution >= 4 is 33.4 Å². The summed E-state index contributed by atoms with van der Waals surface area (Å²) in [5.74, 6) is -2.10. The maximum Gasteiger partial charge on any atom is 0.277 e. The number of nitrogens with one attached hydrogen (secondary N) is 1. The average Bonchev–Trinajstić information content (AvgIpc) is 3.33. The summed E-state index contributed by atoms with van der Waals surface area (Å²) in [5, 5.41) is 4.52. The van der Waals surface area contributed by atoms with Crippen LogP contribution in [0.15, 0.2) is 58.7 Å². The van der Waals surface area contributed by atoms with Crippen molar-refractivity contribution in [2.75, 3.05) is 18.0 Å². The van der Waals surface area contributed by atoms with Crippen molar-refractivity contribution in [2.45, 2.75) is 19.4 Å². The number of thiophene rings is 1. The van der Waals surface area contributed by atoms with E-state index in [0.29, 0.717) is 47.8 Å². The highest BCUT2D eigenvalue weighted by molar-refractivity contribution is 7.17. The number of benzene rings is 2. The minimum absolute atomic E-state index is 0.0547. The summed E-state index contributed by atoms with van der Waals surface area (Å²) in [4.78, 5) is 32.8. The van der Waals surface area contributed by atoms with Gasteiger partial charge in [-0.15, -0.1) is 11.3 Å². The van der Waals surface area contributed by atoms with E-state index in [1.165, 1.54) is 46.2 Å². The summed E-state index contributed by atoms with van der Waals surface area (Å²) in [6.07, 6.45) is 1.31. The van der Waals surface area contributed by atoms with Gasteiger partial charge in [0.15, 0.2) is 0 Å². The number of hydrogen-bond acceptors (Lipinski definition) is 5. The first kappa shape index (κ1) is 23.1. The van der Waals surface area contributed by atoms with Crippen LogP contribution in [0.4, 0.5) is 19.1 Å². The lowest BCUT2D eigenvalue weighted by atomic mass is 9.97. The molecule has 1 amide bonds. The molecule has 0 bridgehead atoms. The van der Waals surface area contributed by atoms with Gasteiger partial charge in [0.1, 0.15) is 22.2 Å². The number of nitrogens with zero attached hydrogens (tertiary/aromatic N) is 3. The Balaban J connectivity index is 1.42. The fourth-order valence-electron chi connectivity index (χ4n) is 4.30. The number of aromatic nitrogens is 2. The summed E-state index contributed by atoms with van der Waals surface area (Å²) >= 11 is 1.29. The SMILES string of the molecule is O=C(NCc1ccc(F)cc1F)C1CCCN(c2nc3ccsc3c(=O)n2-c2ccc(F)cc2)C1. The molecule has 1 aliphatic heterocycles. The summed E-state index contributed by atoms with van der Waals surface area (Å²) in [7, 11) is 0. The molecule has 3 heterocycles. The van der Waals surface area contributed by atoms with E-state index >= 15 is 0 Å². The molecule has 0 spiro atoms. The Kier molecular flexibility index (Phi) is 6.29. The molecule has 10 heteroatoms. The van der Waals surface area contributed by atoms with Crippen LogP contribution in [0.5, 0.6) is 0 Å². The van der Waals surface area contributed by atoms with Crippen LogP contribution >= 0.6 is 11.3 Å². The Hall–Kier alpha value is -3.66. The summed E-state index contributed by atoms with van der Waals surface area (Å²) < 4.78 is 42.6. The van der Waals surface area contributed by atoms with E-state index in [4.69, 9.17) is 4.98 Å². The lowest BCUT2D eigenvalue weighted by molar-refractivity contribution is -0.125. The normalized spacial score (nSPS) is 16.0. The van der Waals surface area contributed by atoms with E-state index in [0.717, 1.165) is 12.1 Å². The summed E-state index contributed by atoms with van der Waals surface area (Å²) in [6.45, 7) is 0.835. The van der Waals surface area contributed by atoms with E-state index in [9.17, 15) is 22.8 Å². The van der Waals surface area contributed by atoms with Gasteiger partial charge in [-0.05, 0) is 54.6 Å². The maximum atomic E-state index is 13.9. The van der Waals surface area contributed by atoms with Crippen molar-refractivity contribution < 1.29 is 18.0 Å². The zero-order valence-corrected chi connectivity index (χ0v) is 19.3. The standard InChI is InChI=1S/C25H21F3N4O2S/c26-17-5-7-19(8-6-17)32-24(34)22-21(9-11-35-22)30-25(32)31-10-1-2-16(14-31)23(33)29-13-15-3-4-18(27)12-20(15)28/h3-9,11-12,16H,1-2,10,13-14H2,(H,29,33). The number of halogens is 3. The van der Waals surface area contributed by atoms with Crippen LogP contribution in [0.25, 0.3) is 15.9 Å². The van der Waals surface area contributed by atoms with E-state index in [2.05, 4.69) is 5.32 Å². The highest BCUT2D eigenvalue weighted by Crippen LogP contribution is 2.27. The first-order chi connectivity index (χ1) is 16.9. The maximum absolute atomic E-state index is 13.9. The van der Waals surface area contributed by atoms with Crippen LogP contribution in [0, 0.1) is 23.4 Å². The average molecular weight is 499 g/mol. The highest BCUT2D eigenvalue weighted by Gasteiger charge is 2.29. The van der Waals surface area contributed by atoms with Crippen molar-refractivity contribution in [1.82, 2.24) is 14.9 Å². The molecule has 180 valence electrons. The lowest BCUT2D eigenvalue weighted by Gasteiger charge is -2.34. The molecule has 4 aromatic rings. The van der Waals surface area contributed by atoms with Crippen molar-refractivity contribution in [3.8, 4) is 5.69 Å². The Morgan fingerprint density at radius 1 is 1.09 bits per heavy atom. The van der Waals surface area contributed by atoms with E-state index in [-0.39, 0.29) is 23.6 Å². The van der Waals surface area contributed by atoms with E-state index < -0.39 is 23.4 Å². The molecule has 5 rings (SSSR count). The summed E-state index contributed by atoms with van der Waals surface area (Å²) in [5.41, 5.74) is 0.978. The molecule has 0 saturated carbocycles. The molecule has 35 heavy (non-hydrogen) atoms. The molecule has 1 N–H and O–H groups in total. The zero-order valence-electron chi connectivity index (χ0n) is 18.5. The van der Waals surface area contributed by atoms with Crippen LogP contribution in [0.1, 0.15) is 18.4 Å². The van der Waals surface area contributed by atoms with Crippen LogP contribution < -0.4 is 15.8 Å². The van der Waals surface area contributed by atoms with Crippen LogP contribution in [-0.2, 0) is 11.3 Å². The van der Waals surface area contributed by atoms with Gasteiger partial charge < -0.3 is 10.2 Å². The molecular formula is C25H21F3N4O2S. The number of fused-ring (bicyclic) bond motifs is 1. The fourth-order valence-corrected chi connectivity index (χ4v) is 5.06. The van der Waals surface area contributed by atoms with Gasteiger partial charge in [0.25, 0.3) is 5.56 Å². The minimum Gasteiger partial charge on any atom is -0.352 e. The Bertz CT molecular complexity index is 1450.